The third kappa shape index (κ3) is 2.05. The molecular formula is C10H14N4O2. The van der Waals surface area contributed by atoms with Gasteiger partial charge in [-0.05, 0) is 6.42 Å². The number of aromatic nitrogens is 2. The molecule has 0 aromatic carbocycles. The second-order valence-corrected chi connectivity index (χ2v) is 3.67. The summed E-state index contributed by atoms with van der Waals surface area (Å²) in [7, 11) is 3.33. The number of anilines is 1. The maximum Gasteiger partial charge on any atom is 0.244 e. The Bertz CT molecular complexity index is 396. The molecule has 1 aromatic heterocycles. The molecule has 6 nitrogen and oxygen atoms in total. The van der Waals surface area contributed by atoms with Crippen molar-refractivity contribution >= 4 is 11.9 Å². The third-order valence-electron chi connectivity index (χ3n) is 2.57. The van der Waals surface area contributed by atoms with Crippen LogP contribution in [0.25, 0.3) is 0 Å². The Morgan fingerprint density at radius 2 is 2.44 bits per heavy atom. The van der Waals surface area contributed by atoms with Gasteiger partial charge in [-0.2, -0.15) is 4.98 Å². The topological polar surface area (TPSA) is 67.3 Å². The number of likely N-dealkylation sites (tertiary alicyclic amines) is 1. The average molecular weight is 222 g/mol. The standard InChI is InChI=1S/C10H14N4O2/c1-14-6-4-7(9(14)15)12-10-11-5-3-8(13-10)16-2/h3,5,7H,4,6H2,1-2H3,(H,11,12,13). The highest BCUT2D eigenvalue weighted by atomic mass is 16.5. The molecule has 0 saturated carbocycles. The highest BCUT2D eigenvalue weighted by Gasteiger charge is 2.29. The predicted octanol–water partition coefficient (Wildman–Crippen LogP) is 0.128. The number of methoxy groups -OCH3 is 1. The Morgan fingerprint density at radius 1 is 1.62 bits per heavy atom. The van der Waals surface area contributed by atoms with E-state index in [4.69, 9.17) is 4.74 Å². The zero-order chi connectivity index (χ0) is 11.5. The Morgan fingerprint density at radius 3 is 3.06 bits per heavy atom. The van der Waals surface area contributed by atoms with Crippen LogP contribution < -0.4 is 10.1 Å². The first kappa shape index (κ1) is 10.7. The number of hydrogen-bond donors (Lipinski definition) is 1. The van der Waals surface area contributed by atoms with E-state index in [1.807, 2.05) is 0 Å². The van der Waals surface area contributed by atoms with Crippen molar-refractivity contribution in [3.63, 3.8) is 0 Å². The van der Waals surface area contributed by atoms with E-state index in [2.05, 4.69) is 15.3 Å². The van der Waals surface area contributed by atoms with Crippen LogP contribution in [0.15, 0.2) is 12.3 Å². The number of hydrogen-bond acceptors (Lipinski definition) is 5. The van der Waals surface area contributed by atoms with Gasteiger partial charge >= 0.3 is 0 Å². The lowest BCUT2D eigenvalue weighted by Gasteiger charge is -2.12. The summed E-state index contributed by atoms with van der Waals surface area (Å²) in [4.78, 5) is 21.5. The van der Waals surface area contributed by atoms with Crippen LogP contribution in [0.5, 0.6) is 5.88 Å². The molecule has 1 fully saturated rings. The van der Waals surface area contributed by atoms with Gasteiger partial charge in [0, 0.05) is 25.9 Å². The van der Waals surface area contributed by atoms with Crippen LogP contribution in [-0.2, 0) is 4.79 Å². The van der Waals surface area contributed by atoms with Gasteiger partial charge in [0.25, 0.3) is 0 Å². The van der Waals surface area contributed by atoms with Crippen molar-refractivity contribution in [1.29, 1.82) is 0 Å². The Hall–Kier alpha value is -1.85. The molecule has 0 bridgehead atoms. The number of amides is 1. The Kier molecular flexibility index (Phi) is 2.89. The van der Waals surface area contributed by atoms with E-state index < -0.39 is 0 Å². The highest BCUT2D eigenvalue weighted by molar-refractivity contribution is 5.86. The summed E-state index contributed by atoms with van der Waals surface area (Å²) in [5.74, 6) is 0.982. The second kappa shape index (κ2) is 4.34. The van der Waals surface area contributed by atoms with Crippen molar-refractivity contribution in [2.24, 2.45) is 0 Å². The van der Waals surface area contributed by atoms with E-state index in [0.717, 1.165) is 13.0 Å². The van der Waals surface area contributed by atoms with Crippen molar-refractivity contribution in [3.8, 4) is 5.88 Å². The van der Waals surface area contributed by atoms with Crippen LogP contribution in [0, 0.1) is 0 Å². The minimum absolute atomic E-state index is 0.0754. The van der Waals surface area contributed by atoms with Crippen LogP contribution >= 0.6 is 0 Å². The quantitative estimate of drug-likeness (QED) is 0.787. The molecule has 1 aliphatic rings. The lowest BCUT2D eigenvalue weighted by molar-refractivity contribution is -0.127. The fourth-order valence-electron chi connectivity index (χ4n) is 1.64. The number of likely N-dealkylation sites (N-methyl/N-ethyl adjacent to an activating group) is 1. The van der Waals surface area contributed by atoms with Crippen LogP contribution in [0.2, 0.25) is 0 Å². The van der Waals surface area contributed by atoms with Crippen molar-refractivity contribution in [3.05, 3.63) is 12.3 Å². The number of rotatable bonds is 3. The van der Waals surface area contributed by atoms with Crippen molar-refractivity contribution in [2.45, 2.75) is 12.5 Å². The van der Waals surface area contributed by atoms with Gasteiger partial charge < -0.3 is 15.0 Å². The molecule has 1 saturated heterocycles. The van der Waals surface area contributed by atoms with Crippen LogP contribution in [0.3, 0.4) is 0 Å². The molecule has 1 atom stereocenters. The highest BCUT2D eigenvalue weighted by Crippen LogP contribution is 2.14. The summed E-state index contributed by atoms with van der Waals surface area (Å²) in [6, 6.07) is 1.44. The zero-order valence-corrected chi connectivity index (χ0v) is 9.30. The molecule has 2 rings (SSSR count). The fourth-order valence-corrected chi connectivity index (χ4v) is 1.64. The number of nitrogens with zero attached hydrogens (tertiary/aromatic N) is 3. The lowest BCUT2D eigenvalue weighted by atomic mass is 10.2. The maximum absolute atomic E-state index is 11.6. The summed E-state index contributed by atoms with van der Waals surface area (Å²) in [5, 5.41) is 3.00. The first-order valence-electron chi connectivity index (χ1n) is 5.09. The normalized spacial score (nSPS) is 20.0. The Balaban J connectivity index is 2.06. The van der Waals surface area contributed by atoms with Gasteiger partial charge in [-0.3, -0.25) is 4.79 Å². The van der Waals surface area contributed by atoms with Gasteiger partial charge in [-0.1, -0.05) is 0 Å². The lowest BCUT2D eigenvalue weighted by Crippen LogP contribution is -2.31. The minimum atomic E-state index is -0.225. The molecule has 1 unspecified atom stereocenters. The van der Waals surface area contributed by atoms with Gasteiger partial charge in [0.1, 0.15) is 6.04 Å². The summed E-state index contributed by atoms with van der Waals surface area (Å²) >= 11 is 0. The second-order valence-electron chi connectivity index (χ2n) is 3.67. The van der Waals surface area contributed by atoms with Crippen LogP contribution in [0.4, 0.5) is 5.95 Å². The number of carbonyl (C=O) groups excluding carboxylic acids is 1. The van der Waals surface area contributed by atoms with E-state index in [-0.39, 0.29) is 11.9 Å². The largest absolute Gasteiger partial charge is 0.481 e. The van der Waals surface area contributed by atoms with Gasteiger partial charge in [0.2, 0.25) is 17.7 Å². The van der Waals surface area contributed by atoms with Crippen molar-refractivity contribution in [1.82, 2.24) is 14.9 Å². The van der Waals surface area contributed by atoms with Gasteiger partial charge in [0.05, 0.1) is 7.11 Å². The van der Waals surface area contributed by atoms with Crippen molar-refractivity contribution in [2.75, 3.05) is 26.0 Å². The third-order valence-corrected chi connectivity index (χ3v) is 2.57. The van der Waals surface area contributed by atoms with Crippen LogP contribution in [0.1, 0.15) is 6.42 Å². The molecule has 1 amide bonds. The fraction of sp³-hybridized carbons (Fsp3) is 0.500. The number of carbonyl (C=O) groups is 1. The zero-order valence-electron chi connectivity index (χ0n) is 9.30. The molecule has 6 heteroatoms. The average Bonchev–Trinajstić information content (AvgIpc) is 2.61. The van der Waals surface area contributed by atoms with E-state index in [1.54, 1.807) is 31.3 Å². The van der Waals surface area contributed by atoms with Gasteiger partial charge in [-0.15, -0.1) is 0 Å². The van der Waals surface area contributed by atoms with Gasteiger partial charge in [-0.25, -0.2) is 4.98 Å². The van der Waals surface area contributed by atoms with E-state index in [0.29, 0.717) is 11.8 Å². The molecule has 1 aromatic rings. The molecular weight excluding hydrogens is 208 g/mol. The number of nitrogens with one attached hydrogen (secondary N) is 1. The predicted molar refractivity (Wildman–Crippen MR) is 58.2 cm³/mol. The molecule has 16 heavy (non-hydrogen) atoms. The molecule has 1 aliphatic heterocycles. The number of ether oxygens (including phenoxy) is 1. The molecule has 0 aliphatic carbocycles. The smallest absolute Gasteiger partial charge is 0.244 e. The first-order valence-corrected chi connectivity index (χ1v) is 5.09. The van der Waals surface area contributed by atoms with E-state index >= 15 is 0 Å². The Labute approximate surface area is 93.6 Å². The van der Waals surface area contributed by atoms with Gasteiger partial charge in [0.15, 0.2) is 0 Å². The van der Waals surface area contributed by atoms with Crippen molar-refractivity contribution < 1.29 is 9.53 Å². The monoisotopic (exact) mass is 222 g/mol. The van der Waals surface area contributed by atoms with Crippen LogP contribution in [-0.4, -0.2) is 47.5 Å². The van der Waals surface area contributed by atoms with E-state index in [9.17, 15) is 4.79 Å². The first-order chi connectivity index (χ1) is 7.70. The SMILES string of the molecule is COc1ccnc(NC2CCN(C)C2=O)n1. The summed E-state index contributed by atoms with van der Waals surface area (Å²) in [5.41, 5.74) is 0. The maximum atomic E-state index is 11.6. The molecule has 0 radical (unpaired) electrons. The molecule has 0 spiro atoms. The summed E-state index contributed by atoms with van der Waals surface area (Å²) in [6.07, 6.45) is 2.37. The van der Waals surface area contributed by atoms with E-state index in [1.165, 1.54) is 0 Å². The minimum Gasteiger partial charge on any atom is -0.481 e. The molecule has 1 N–H and O–H groups in total. The molecule has 2 heterocycles. The molecule has 86 valence electrons. The summed E-state index contributed by atoms with van der Waals surface area (Å²) < 4.78 is 4.98. The summed E-state index contributed by atoms with van der Waals surface area (Å²) in [6.45, 7) is 0.764.